The number of nitrogens with zero attached hydrogens (tertiary/aromatic N) is 2. The van der Waals surface area contributed by atoms with E-state index in [9.17, 15) is 9.18 Å². The molecule has 6 heteroatoms. The third kappa shape index (κ3) is 4.19. The molecule has 0 radical (unpaired) electrons. The third-order valence-corrected chi connectivity index (χ3v) is 3.33. The van der Waals surface area contributed by atoms with E-state index in [-0.39, 0.29) is 18.3 Å². The molecule has 0 aliphatic heterocycles. The van der Waals surface area contributed by atoms with Gasteiger partial charge in [0.05, 0.1) is 11.9 Å². The number of amides is 1. The first-order chi connectivity index (χ1) is 11.7. The number of aromatic nitrogens is 2. The van der Waals surface area contributed by atoms with E-state index in [1.807, 2.05) is 36.5 Å². The molecule has 0 spiro atoms. The average Bonchev–Trinajstić information content (AvgIpc) is 3.09. The highest BCUT2D eigenvalue weighted by Crippen LogP contribution is 2.11. The minimum absolute atomic E-state index is 0.127. The molecule has 2 aromatic carbocycles. The molecule has 0 unspecified atom stereocenters. The van der Waals surface area contributed by atoms with Gasteiger partial charge in [-0.1, -0.05) is 18.2 Å². The molecule has 1 heterocycles. The maximum atomic E-state index is 12.8. The van der Waals surface area contributed by atoms with Crippen molar-refractivity contribution in [2.45, 2.75) is 6.54 Å². The zero-order valence-electron chi connectivity index (χ0n) is 12.9. The minimum atomic E-state index is -0.345. The number of halogens is 1. The first-order valence-corrected chi connectivity index (χ1v) is 7.45. The van der Waals surface area contributed by atoms with E-state index in [4.69, 9.17) is 4.74 Å². The zero-order valence-corrected chi connectivity index (χ0v) is 12.9. The fraction of sp³-hybridized carbons (Fsp3) is 0.111. The predicted octanol–water partition coefficient (Wildman–Crippen LogP) is 2.71. The van der Waals surface area contributed by atoms with Gasteiger partial charge in [0.15, 0.2) is 6.61 Å². The molecule has 5 nitrogen and oxygen atoms in total. The summed E-state index contributed by atoms with van der Waals surface area (Å²) in [4.78, 5) is 11.8. The van der Waals surface area contributed by atoms with Crippen LogP contribution in [0.4, 0.5) is 4.39 Å². The van der Waals surface area contributed by atoms with E-state index in [1.54, 1.807) is 10.9 Å². The Morgan fingerprint density at radius 3 is 2.62 bits per heavy atom. The van der Waals surface area contributed by atoms with Crippen LogP contribution in [0.2, 0.25) is 0 Å². The van der Waals surface area contributed by atoms with Crippen LogP contribution in [0.5, 0.6) is 5.75 Å². The number of ether oxygens (including phenoxy) is 1. The lowest BCUT2D eigenvalue weighted by Gasteiger charge is -2.06. The zero-order chi connectivity index (χ0) is 16.8. The van der Waals surface area contributed by atoms with Crippen LogP contribution in [0.25, 0.3) is 5.69 Å². The van der Waals surface area contributed by atoms with Crippen molar-refractivity contribution >= 4 is 5.91 Å². The largest absolute Gasteiger partial charge is 0.484 e. The van der Waals surface area contributed by atoms with Gasteiger partial charge in [-0.05, 0) is 36.4 Å². The SMILES string of the molecule is O=C(COc1ccc(F)cc1)NCc1cnn(-c2ccccc2)c1. The van der Waals surface area contributed by atoms with E-state index < -0.39 is 0 Å². The lowest BCUT2D eigenvalue weighted by atomic mass is 10.3. The summed E-state index contributed by atoms with van der Waals surface area (Å²) in [5, 5.41) is 7.02. The van der Waals surface area contributed by atoms with E-state index in [1.165, 1.54) is 24.3 Å². The van der Waals surface area contributed by atoms with Crippen molar-refractivity contribution in [1.29, 1.82) is 0 Å². The van der Waals surface area contributed by atoms with Gasteiger partial charge in [-0.3, -0.25) is 4.79 Å². The number of para-hydroxylation sites is 1. The lowest BCUT2D eigenvalue weighted by Crippen LogP contribution is -2.28. The number of nitrogens with one attached hydrogen (secondary N) is 1. The maximum Gasteiger partial charge on any atom is 0.258 e. The van der Waals surface area contributed by atoms with Crippen LogP contribution in [0.15, 0.2) is 67.0 Å². The average molecular weight is 325 g/mol. The molecule has 0 atom stereocenters. The van der Waals surface area contributed by atoms with Crippen LogP contribution < -0.4 is 10.1 Å². The number of rotatable bonds is 6. The van der Waals surface area contributed by atoms with Crippen LogP contribution in [0.3, 0.4) is 0 Å². The second-order valence-corrected chi connectivity index (χ2v) is 5.15. The van der Waals surface area contributed by atoms with Gasteiger partial charge in [0.2, 0.25) is 0 Å². The first-order valence-electron chi connectivity index (χ1n) is 7.45. The Morgan fingerprint density at radius 2 is 1.88 bits per heavy atom. The molecule has 0 aliphatic rings. The van der Waals surface area contributed by atoms with Gasteiger partial charge >= 0.3 is 0 Å². The highest BCUT2D eigenvalue weighted by Gasteiger charge is 2.05. The molecule has 1 N–H and O–H groups in total. The second kappa shape index (κ2) is 7.41. The van der Waals surface area contributed by atoms with Crippen LogP contribution in [0.1, 0.15) is 5.56 Å². The topological polar surface area (TPSA) is 56.1 Å². The second-order valence-electron chi connectivity index (χ2n) is 5.15. The summed E-state index contributed by atoms with van der Waals surface area (Å²) in [5.74, 6) is -0.155. The summed E-state index contributed by atoms with van der Waals surface area (Å²) >= 11 is 0. The fourth-order valence-corrected chi connectivity index (χ4v) is 2.10. The molecule has 1 aromatic heterocycles. The Morgan fingerprint density at radius 1 is 1.12 bits per heavy atom. The quantitative estimate of drug-likeness (QED) is 0.758. The molecule has 0 saturated heterocycles. The summed E-state index contributed by atoms with van der Waals surface area (Å²) in [5.41, 5.74) is 1.84. The molecule has 3 rings (SSSR count). The van der Waals surface area contributed by atoms with E-state index >= 15 is 0 Å². The Bertz CT molecular complexity index is 801. The molecule has 0 fully saturated rings. The molecule has 0 saturated carbocycles. The van der Waals surface area contributed by atoms with Gasteiger partial charge in [-0.15, -0.1) is 0 Å². The summed E-state index contributed by atoms with van der Waals surface area (Å²) in [6, 6.07) is 15.2. The van der Waals surface area contributed by atoms with Crippen LogP contribution in [-0.2, 0) is 11.3 Å². The van der Waals surface area contributed by atoms with E-state index in [2.05, 4.69) is 10.4 Å². The Kier molecular flexibility index (Phi) is 4.86. The smallest absolute Gasteiger partial charge is 0.258 e. The summed E-state index contributed by atoms with van der Waals surface area (Å²) in [7, 11) is 0. The highest BCUT2D eigenvalue weighted by molar-refractivity contribution is 5.77. The Balaban J connectivity index is 1.48. The molecule has 24 heavy (non-hydrogen) atoms. The van der Waals surface area contributed by atoms with Gasteiger partial charge in [0, 0.05) is 18.3 Å². The predicted molar refractivity (Wildman–Crippen MR) is 87.3 cm³/mol. The molecule has 0 bridgehead atoms. The number of benzene rings is 2. The first kappa shape index (κ1) is 15.7. The van der Waals surface area contributed by atoms with Gasteiger partial charge in [-0.2, -0.15) is 5.10 Å². The van der Waals surface area contributed by atoms with Gasteiger partial charge < -0.3 is 10.1 Å². The summed E-state index contributed by atoms with van der Waals surface area (Å²) in [6.07, 6.45) is 3.56. The van der Waals surface area contributed by atoms with E-state index in [0.717, 1.165) is 11.3 Å². The molecular weight excluding hydrogens is 309 g/mol. The van der Waals surface area contributed by atoms with Crippen molar-refractivity contribution in [2.24, 2.45) is 0 Å². The minimum Gasteiger partial charge on any atom is -0.484 e. The number of hydrogen-bond acceptors (Lipinski definition) is 3. The van der Waals surface area contributed by atoms with Crippen molar-refractivity contribution in [2.75, 3.05) is 6.61 Å². The summed E-state index contributed by atoms with van der Waals surface area (Å²) in [6.45, 7) is 0.233. The van der Waals surface area contributed by atoms with Crippen molar-refractivity contribution in [1.82, 2.24) is 15.1 Å². The van der Waals surface area contributed by atoms with E-state index in [0.29, 0.717) is 12.3 Å². The maximum absolute atomic E-state index is 12.8. The number of hydrogen-bond donors (Lipinski definition) is 1. The van der Waals surface area contributed by atoms with Crippen LogP contribution in [0, 0.1) is 5.82 Å². The monoisotopic (exact) mass is 325 g/mol. The van der Waals surface area contributed by atoms with Crippen LogP contribution >= 0.6 is 0 Å². The summed E-state index contributed by atoms with van der Waals surface area (Å²) < 4.78 is 19.8. The lowest BCUT2D eigenvalue weighted by molar-refractivity contribution is -0.123. The number of carbonyl (C=O) groups excluding carboxylic acids is 1. The van der Waals surface area contributed by atoms with Gasteiger partial charge in [-0.25, -0.2) is 9.07 Å². The standard InChI is InChI=1S/C18H16FN3O2/c19-15-6-8-17(9-7-15)24-13-18(23)20-10-14-11-21-22(12-14)16-4-2-1-3-5-16/h1-9,11-12H,10,13H2,(H,20,23). The van der Waals surface area contributed by atoms with Gasteiger partial charge in [0.25, 0.3) is 5.91 Å². The molecule has 1 amide bonds. The third-order valence-electron chi connectivity index (χ3n) is 3.33. The van der Waals surface area contributed by atoms with Crippen molar-refractivity contribution in [3.63, 3.8) is 0 Å². The highest BCUT2D eigenvalue weighted by atomic mass is 19.1. The normalized spacial score (nSPS) is 10.4. The Hall–Kier alpha value is -3.15. The number of carbonyl (C=O) groups is 1. The van der Waals surface area contributed by atoms with Crippen molar-refractivity contribution in [3.05, 3.63) is 78.4 Å². The van der Waals surface area contributed by atoms with Gasteiger partial charge in [0.1, 0.15) is 11.6 Å². The van der Waals surface area contributed by atoms with Crippen molar-refractivity contribution < 1.29 is 13.9 Å². The van der Waals surface area contributed by atoms with Crippen LogP contribution in [-0.4, -0.2) is 22.3 Å². The molecule has 0 aliphatic carbocycles. The molecule has 3 aromatic rings. The Labute approximate surface area is 138 Å². The molecular formula is C18H16FN3O2. The van der Waals surface area contributed by atoms with Crippen molar-refractivity contribution in [3.8, 4) is 11.4 Å². The molecule has 122 valence electrons. The fourth-order valence-electron chi connectivity index (χ4n) is 2.10.